The zero-order valence-electron chi connectivity index (χ0n) is 33.7. The second-order valence-electron chi connectivity index (χ2n) is 14.7. The summed E-state index contributed by atoms with van der Waals surface area (Å²) in [5, 5.41) is 0. The van der Waals surface area contributed by atoms with Crippen LogP contribution in [0.2, 0.25) is 0 Å². The first-order valence-electron chi connectivity index (χ1n) is 21.6. The third-order valence-electron chi connectivity index (χ3n) is 9.44. The van der Waals surface area contributed by atoms with E-state index in [0.717, 1.165) is 38.5 Å². The molecule has 0 aromatic heterocycles. The minimum Gasteiger partial charge on any atom is -0.462 e. The van der Waals surface area contributed by atoms with Gasteiger partial charge in [-0.05, 0) is 57.8 Å². The fraction of sp³-hybridized carbons (Fsp3) is 0.860. The van der Waals surface area contributed by atoms with Crippen LogP contribution in [-0.4, -0.2) is 41.0 Å². The Labute approximate surface area is 319 Å². The molecule has 0 rings (SSSR count). The molecule has 9 heteroatoms. The Kier molecular flexibility index (Phi) is 38.1. The van der Waals surface area contributed by atoms with Gasteiger partial charge in [0.15, 0.2) is 6.10 Å². The number of carbonyl (C=O) groups excluding carboxylic acids is 2. The number of allylic oxidation sites excluding steroid dienone is 4. The summed E-state index contributed by atoms with van der Waals surface area (Å²) in [6.45, 7) is 3.67. The van der Waals surface area contributed by atoms with Crippen molar-refractivity contribution < 1.29 is 37.9 Å². The van der Waals surface area contributed by atoms with Crippen molar-refractivity contribution in [3.63, 3.8) is 0 Å². The van der Waals surface area contributed by atoms with E-state index in [2.05, 4.69) is 42.7 Å². The van der Waals surface area contributed by atoms with Gasteiger partial charge in [-0.15, -0.1) is 0 Å². The third-order valence-corrected chi connectivity index (χ3v) is 9.93. The monoisotopic (exact) mass is 757 g/mol. The van der Waals surface area contributed by atoms with Crippen LogP contribution in [0.4, 0.5) is 0 Å². The summed E-state index contributed by atoms with van der Waals surface area (Å²) in [4.78, 5) is 42.9. The Morgan fingerprint density at radius 2 is 0.827 bits per heavy atom. The highest BCUT2D eigenvalue weighted by molar-refractivity contribution is 7.46. The Hall–Kier alpha value is -1.47. The Morgan fingerprint density at radius 1 is 0.481 bits per heavy atom. The van der Waals surface area contributed by atoms with Gasteiger partial charge in [0.1, 0.15) is 6.61 Å². The first-order chi connectivity index (χ1) is 25.3. The number of phosphoric ester groups is 1. The van der Waals surface area contributed by atoms with Crippen molar-refractivity contribution in [1.29, 1.82) is 0 Å². The summed E-state index contributed by atoms with van der Waals surface area (Å²) >= 11 is 0. The summed E-state index contributed by atoms with van der Waals surface area (Å²) < 4.78 is 26.4. The maximum absolute atomic E-state index is 12.4. The van der Waals surface area contributed by atoms with E-state index in [9.17, 15) is 14.2 Å². The van der Waals surface area contributed by atoms with Crippen LogP contribution in [0.3, 0.4) is 0 Å². The molecule has 0 fully saturated rings. The number of ether oxygens (including phenoxy) is 2. The fourth-order valence-corrected chi connectivity index (χ4v) is 6.53. The Bertz CT molecular complexity index is 900. The predicted molar refractivity (Wildman–Crippen MR) is 216 cm³/mol. The van der Waals surface area contributed by atoms with E-state index in [1.807, 2.05) is 0 Å². The van der Waals surface area contributed by atoms with E-state index in [1.165, 1.54) is 148 Å². The maximum Gasteiger partial charge on any atom is 0.469 e. The highest BCUT2D eigenvalue weighted by Crippen LogP contribution is 2.36. The first kappa shape index (κ1) is 50.5. The van der Waals surface area contributed by atoms with E-state index < -0.39 is 32.5 Å². The zero-order valence-corrected chi connectivity index (χ0v) is 34.6. The lowest BCUT2D eigenvalue weighted by Crippen LogP contribution is -2.29. The van der Waals surface area contributed by atoms with E-state index in [-0.39, 0.29) is 19.4 Å². The van der Waals surface area contributed by atoms with Crippen LogP contribution in [0.25, 0.3) is 0 Å². The van der Waals surface area contributed by atoms with Gasteiger partial charge in [0.05, 0.1) is 6.61 Å². The quantitative estimate of drug-likeness (QED) is 0.0274. The van der Waals surface area contributed by atoms with Crippen molar-refractivity contribution in [3.05, 3.63) is 24.3 Å². The van der Waals surface area contributed by atoms with Gasteiger partial charge in [0.2, 0.25) is 0 Å². The van der Waals surface area contributed by atoms with Crippen LogP contribution in [0.1, 0.15) is 219 Å². The van der Waals surface area contributed by atoms with Crippen molar-refractivity contribution in [2.75, 3.05) is 13.2 Å². The maximum atomic E-state index is 12.4. The molecule has 0 radical (unpaired) electrons. The molecule has 306 valence electrons. The number of carbonyl (C=O) groups is 2. The minimum absolute atomic E-state index is 0.212. The topological polar surface area (TPSA) is 119 Å². The van der Waals surface area contributed by atoms with Gasteiger partial charge in [-0.25, -0.2) is 4.57 Å². The van der Waals surface area contributed by atoms with Crippen LogP contribution in [0.5, 0.6) is 0 Å². The lowest BCUT2D eigenvalue weighted by atomic mass is 10.1. The molecule has 0 aliphatic rings. The number of phosphoric acid groups is 1. The second-order valence-corrected chi connectivity index (χ2v) is 15.9. The van der Waals surface area contributed by atoms with E-state index in [4.69, 9.17) is 19.3 Å². The van der Waals surface area contributed by atoms with E-state index >= 15 is 0 Å². The third kappa shape index (κ3) is 41.3. The summed E-state index contributed by atoms with van der Waals surface area (Å²) in [7, 11) is -4.75. The standard InChI is InChI=1S/C43H81O8P/c1-3-5-7-9-11-13-15-17-19-20-21-22-24-26-28-30-32-34-36-38-43(45)51-41(40-50-52(46,47)48)39-49-42(44)37-35-33-31-29-27-25-23-18-16-14-12-10-8-6-4-2/h10,12,17,19,41H,3-9,11,13-16,18,20-40H2,1-2H3,(H2,46,47,48)/b12-10+,19-17+/t41-/m1/s1. The SMILES string of the molecule is CCCC/C=C/CCCCCCCCCCCC(=O)OC[C@H](COP(=O)(O)O)OC(=O)CCCCCCCCCCC/C=C/CCCCCCCC. The van der Waals surface area contributed by atoms with Crippen LogP contribution in [0, 0.1) is 0 Å². The molecular formula is C43H81O8P. The van der Waals surface area contributed by atoms with Gasteiger partial charge in [-0.2, -0.15) is 0 Å². The zero-order chi connectivity index (χ0) is 38.2. The molecule has 0 aliphatic carbocycles. The molecular weight excluding hydrogens is 675 g/mol. The fourth-order valence-electron chi connectivity index (χ4n) is 6.17. The van der Waals surface area contributed by atoms with Crippen molar-refractivity contribution in [1.82, 2.24) is 0 Å². The minimum atomic E-state index is -4.75. The lowest BCUT2D eigenvalue weighted by molar-refractivity contribution is -0.161. The van der Waals surface area contributed by atoms with E-state index in [0.29, 0.717) is 6.42 Å². The van der Waals surface area contributed by atoms with Gasteiger partial charge >= 0.3 is 19.8 Å². The molecule has 0 aliphatic heterocycles. The van der Waals surface area contributed by atoms with Crippen LogP contribution in [-0.2, 0) is 28.2 Å². The van der Waals surface area contributed by atoms with Gasteiger partial charge in [0.25, 0.3) is 0 Å². The molecule has 0 aromatic rings. The smallest absolute Gasteiger partial charge is 0.462 e. The molecule has 0 saturated carbocycles. The second kappa shape index (κ2) is 39.2. The normalized spacial score (nSPS) is 12.6. The molecule has 0 bridgehead atoms. The molecule has 8 nitrogen and oxygen atoms in total. The summed E-state index contributed by atoms with van der Waals surface area (Å²) in [6.07, 6.45) is 44.7. The van der Waals surface area contributed by atoms with Crippen molar-refractivity contribution in [2.24, 2.45) is 0 Å². The van der Waals surface area contributed by atoms with Crippen molar-refractivity contribution in [3.8, 4) is 0 Å². The summed E-state index contributed by atoms with van der Waals surface area (Å²) in [5.74, 6) is -0.882. The molecule has 0 spiro atoms. The van der Waals surface area contributed by atoms with Gasteiger partial charge < -0.3 is 19.3 Å². The van der Waals surface area contributed by atoms with Crippen molar-refractivity contribution >= 4 is 19.8 Å². The highest BCUT2D eigenvalue weighted by atomic mass is 31.2. The number of unbranched alkanes of at least 4 members (excludes halogenated alkanes) is 26. The van der Waals surface area contributed by atoms with Crippen LogP contribution < -0.4 is 0 Å². The molecule has 1 atom stereocenters. The average Bonchev–Trinajstić information content (AvgIpc) is 3.11. The molecule has 0 aromatic carbocycles. The van der Waals surface area contributed by atoms with Gasteiger partial charge in [-0.1, -0.05) is 173 Å². The average molecular weight is 757 g/mol. The number of hydrogen-bond donors (Lipinski definition) is 2. The molecule has 0 unspecified atom stereocenters. The van der Waals surface area contributed by atoms with Gasteiger partial charge in [0, 0.05) is 12.8 Å². The summed E-state index contributed by atoms with van der Waals surface area (Å²) in [5.41, 5.74) is 0. The molecule has 0 amide bonds. The lowest BCUT2D eigenvalue weighted by Gasteiger charge is -2.18. The van der Waals surface area contributed by atoms with E-state index in [1.54, 1.807) is 0 Å². The Balaban J connectivity index is 3.88. The molecule has 2 N–H and O–H groups in total. The number of rotatable bonds is 40. The Morgan fingerprint density at radius 3 is 1.23 bits per heavy atom. The van der Waals surface area contributed by atoms with Crippen LogP contribution in [0.15, 0.2) is 24.3 Å². The molecule has 0 saturated heterocycles. The summed E-state index contributed by atoms with van der Waals surface area (Å²) in [6, 6.07) is 0. The first-order valence-corrected chi connectivity index (χ1v) is 23.2. The number of hydrogen-bond acceptors (Lipinski definition) is 6. The number of esters is 2. The molecule has 0 heterocycles. The van der Waals surface area contributed by atoms with Crippen molar-refractivity contribution in [2.45, 2.75) is 225 Å². The highest BCUT2D eigenvalue weighted by Gasteiger charge is 2.22. The predicted octanol–water partition coefficient (Wildman–Crippen LogP) is 13.2. The van der Waals surface area contributed by atoms with Gasteiger partial charge in [-0.3, -0.25) is 14.1 Å². The van der Waals surface area contributed by atoms with Crippen LogP contribution >= 0.6 is 7.82 Å². The largest absolute Gasteiger partial charge is 0.469 e. The molecule has 52 heavy (non-hydrogen) atoms.